The maximum Gasteiger partial charge on any atom is 0.336 e. The van der Waals surface area contributed by atoms with Crippen LogP contribution < -0.4 is 5.32 Å². The van der Waals surface area contributed by atoms with Crippen LogP contribution in [-0.4, -0.2) is 31.9 Å². The molecule has 8 heteroatoms. The van der Waals surface area contributed by atoms with Crippen molar-refractivity contribution in [2.45, 2.75) is 25.2 Å². The van der Waals surface area contributed by atoms with Gasteiger partial charge in [0.1, 0.15) is 5.92 Å². The molecule has 4 rings (SSSR count). The highest BCUT2D eigenvalue weighted by molar-refractivity contribution is 7.10. The van der Waals surface area contributed by atoms with Gasteiger partial charge in [0, 0.05) is 33.7 Å². The zero-order valence-electron chi connectivity index (χ0n) is 16.8. The number of carbonyl (C=O) groups excluding carboxylic acids is 3. The first-order valence-corrected chi connectivity index (χ1v) is 11.3. The van der Waals surface area contributed by atoms with Crippen LogP contribution in [0.15, 0.2) is 56.9 Å². The molecule has 0 unspecified atom stereocenters. The second kappa shape index (κ2) is 8.20. The lowest BCUT2D eigenvalue weighted by Gasteiger charge is -2.38. The number of Topliss-reactive ketones (excluding diaryl/α,β-unsaturated/α-hetero) is 1. The molecule has 3 atom stereocenters. The molecular weight excluding hydrogens is 422 g/mol. The van der Waals surface area contributed by atoms with E-state index < -0.39 is 23.8 Å². The summed E-state index contributed by atoms with van der Waals surface area (Å²) in [6, 6.07) is 5.74. The van der Waals surface area contributed by atoms with Gasteiger partial charge in [0.05, 0.1) is 19.8 Å². The Morgan fingerprint density at radius 1 is 1.17 bits per heavy atom. The van der Waals surface area contributed by atoms with Gasteiger partial charge >= 0.3 is 11.9 Å². The van der Waals surface area contributed by atoms with Crippen molar-refractivity contribution >= 4 is 40.4 Å². The van der Waals surface area contributed by atoms with E-state index in [2.05, 4.69) is 5.32 Å². The van der Waals surface area contributed by atoms with E-state index in [1.54, 1.807) is 0 Å². The lowest BCUT2D eigenvalue weighted by Crippen LogP contribution is -2.43. The summed E-state index contributed by atoms with van der Waals surface area (Å²) >= 11 is 3.00. The van der Waals surface area contributed by atoms with Crippen molar-refractivity contribution in [2.24, 2.45) is 5.92 Å². The Morgan fingerprint density at radius 3 is 2.57 bits per heavy atom. The van der Waals surface area contributed by atoms with E-state index in [1.165, 1.54) is 36.9 Å². The molecule has 3 heterocycles. The molecule has 0 saturated heterocycles. The highest BCUT2D eigenvalue weighted by atomic mass is 32.1. The van der Waals surface area contributed by atoms with Crippen LogP contribution in [0, 0.1) is 5.92 Å². The van der Waals surface area contributed by atoms with Crippen LogP contribution in [0.1, 0.15) is 35.6 Å². The van der Waals surface area contributed by atoms with Crippen molar-refractivity contribution in [3.8, 4) is 0 Å². The number of ether oxygens (including phenoxy) is 2. The molecule has 0 radical (unpaired) electrons. The zero-order chi connectivity index (χ0) is 21.4. The van der Waals surface area contributed by atoms with E-state index in [9.17, 15) is 14.4 Å². The Bertz CT molecular complexity index is 1050. The fraction of sp³-hybridized carbons (Fsp3) is 0.318. The molecule has 30 heavy (non-hydrogen) atoms. The van der Waals surface area contributed by atoms with Gasteiger partial charge < -0.3 is 14.8 Å². The molecule has 1 aliphatic carbocycles. The van der Waals surface area contributed by atoms with E-state index in [0.717, 1.165) is 16.1 Å². The number of hydrogen-bond acceptors (Lipinski definition) is 8. The second-order valence-corrected chi connectivity index (χ2v) is 8.99. The van der Waals surface area contributed by atoms with Gasteiger partial charge in [0.15, 0.2) is 5.78 Å². The summed E-state index contributed by atoms with van der Waals surface area (Å²) in [5.41, 5.74) is 3.08. The van der Waals surface area contributed by atoms with Crippen LogP contribution in [0.4, 0.5) is 0 Å². The average molecular weight is 444 g/mol. The molecule has 2 aromatic heterocycles. The van der Waals surface area contributed by atoms with Crippen LogP contribution in [0.5, 0.6) is 0 Å². The van der Waals surface area contributed by atoms with Crippen molar-refractivity contribution in [1.82, 2.24) is 5.32 Å². The zero-order valence-corrected chi connectivity index (χ0v) is 18.4. The third-order valence-electron chi connectivity index (χ3n) is 5.66. The Kier molecular flexibility index (Phi) is 5.62. The second-order valence-electron chi connectivity index (χ2n) is 7.23. The normalized spacial score (nSPS) is 23.7. The third-order valence-corrected chi connectivity index (χ3v) is 7.37. The number of ketones is 1. The van der Waals surface area contributed by atoms with E-state index in [4.69, 9.17) is 9.47 Å². The molecule has 0 fully saturated rings. The van der Waals surface area contributed by atoms with Gasteiger partial charge in [-0.2, -0.15) is 11.3 Å². The van der Waals surface area contributed by atoms with Crippen LogP contribution >= 0.6 is 22.7 Å². The van der Waals surface area contributed by atoms with Crippen LogP contribution in [0.25, 0.3) is 0 Å². The summed E-state index contributed by atoms with van der Waals surface area (Å²) in [5.74, 6) is -3.20. The summed E-state index contributed by atoms with van der Waals surface area (Å²) in [4.78, 5) is 40.1. The molecule has 0 amide bonds. The minimum absolute atomic E-state index is 0.306. The minimum atomic E-state index is -0.951. The van der Waals surface area contributed by atoms with E-state index in [0.29, 0.717) is 23.3 Å². The van der Waals surface area contributed by atoms with Crippen molar-refractivity contribution in [3.63, 3.8) is 0 Å². The van der Waals surface area contributed by atoms with Crippen LogP contribution in [0.3, 0.4) is 0 Å². The van der Waals surface area contributed by atoms with Gasteiger partial charge in [-0.25, -0.2) is 4.79 Å². The maximum absolute atomic E-state index is 13.8. The van der Waals surface area contributed by atoms with Gasteiger partial charge in [-0.3, -0.25) is 9.59 Å². The van der Waals surface area contributed by atoms with Crippen molar-refractivity contribution in [3.05, 3.63) is 67.3 Å². The first-order valence-electron chi connectivity index (χ1n) is 9.44. The molecule has 0 saturated carbocycles. The van der Waals surface area contributed by atoms with Crippen molar-refractivity contribution < 1.29 is 23.9 Å². The molecule has 1 N–H and O–H groups in total. The first-order chi connectivity index (χ1) is 14.5. The topological polar surface area (TPSA) is 81.7 Å². The van der Waals surface area contributed by atoms with Crippen molar-refractivity contribution in [2.75, 3.05) is 14.2 Å². The SMILES string of the molecule is COC(=O)C1=C(C)NC2=C(C(=O)[C@H](C(=O)OC)[C@@H](c3cccs3)C2)[C@H]1c1ccsc1. The van der Waals surface area contributed by atoms with Crippen LogP contribution in [-0.2, 0) is 23.9 Å². The predicted octanol–water partition coefficient (Wildman–Crippen LogP) is 3.74. The molecule has 0 spiro atoms. The highest BCUT2D eigenvalue weighted by Gasteiger charge is 2.49. The lowest BCUT2D eigenvalue weighted by atomic mass is 9.68. The average Bonchev–Trinajstić information content (AvgIpc) is 3.45. The fourth-order valence-electron chi connectivity index (χ4n) is 4.35. The van der Waals surface area contributed by atoms with E-state index in [-0.39, 0.29) is 11.7 Å². The van der Waals surface area contributed by atoms with E-state index >= 15 is 0 Å². The molecule has 2 aromatic rings. The number of esters is 2. The van der Waals surface area contributed by atoms with Gasteiger partial charge in [-0.05, 0) is 47.2 Å². The summed E-state index contributed by atoms with van der Waals surface area (Å²) in [6.45, 7) is 1.81. The molecule has 0 aromatic carbocycles. The number of allylic oxidation sites excluding steroid dienone is 3. The monoisotopic (exact) mass is 443 g/mol. The number of thiophene rings is 2. The van der Waals surface area contributed by atoms with Crippen LogP contribution in [0.2, 0.25) is 0 Å². The summed E-state index contributed by atoms with van der Waals surface area (Å²) < 4.78 is 10.0. The number of rotatable bonds is 4. The number of dihydropyridines is 1. The number of hydrogen-bond donors (Lipinski definition) is 1. The molecule has 6 nitrogen and oxygen atoms in total. The summed E-state index contributed by atoms with van der Waals surface area (Å²) in [6.07, 6.45) is 0.480. The van der Waals surface area contributed by atoms with Gasteiger partial charge in [0.25, 0.3) is 0 Å². The molecular formula is C22H21NO5S2. The smallest absolute Gasteiger partial charge is 0.336 e. The molecule has 1 aliphatic heterocycles. The standard InChI is InChI=1S/C22H21NO5S2/c1-11-16(21(25)27-2)17(12-6-8-29-10-12)19-14(23-11)9-13(15-5-4-7-30-15)18(20(19)24)22(26)28-3/h4-8,10,13,17-18,23H,9H2,1-3H3/t13-,17+,18-/m1/s1. The minimum Gasteiger partial charge on any atom is -0.468 e. The van der Waals surface area contributed by atoms with Gasteiger partial charge in [0.2, 0.25) is 0 Å². The molecule has 156 valence electrons. The highest BCUT2D eigenvalue weighted by Crippen LogP contribution is 2.48. The molecule has 0 bridgehead atoms. The summed E-state index contributed by atoms with van der Waals surface area (Å²) in [5, 5.41) is 9.02. The number of nitrogens with one attached hydrogen (secondary N) is 1. The number of carbonyl (C=O) groups is 3. The van der Waals surface area contributed by atoms with E-state index in [1.807, 2.05) is 41.3 Å². The van der Waals surface area contributed by atoms with Gasteiger partial charge in [-0.15, -0.1) is 11.3 Å². The van der Waals surface area contributed by atoms with Crippen molar-refractivity contribution in [1.29, 1.82) is 0 Å². The quantitative estimate of drug-likeness (QED) is 0.573. The Morgan fingerprint density at radius 2 is 1.97 bits per heavy atom. The summed E-state index contributed by atoms with van der Waals surface area (Å²) in [7, 11) is 2.62. The predicted molar refractivity (Wildman–Crippen MR) is 114 cm³/mol. The Hall–Kier alpha value is -2.71. The van der Waals surface area contributed by atoms with Gasteiger partial charge in [-0.1, -0.05) is 6.07 Å². The first kappa shape index (κ1) is 20.6. The largest absolute Gasteiger partial charge is 0.468 e. The Labute approximate surface area is 182 Å². The maximum atomic E-state index is 13.8. The number of methoxy groups -OCH3 is 2. The fourth-order valence-corrected chi connectivity index (χ4v) is 5.91. The Balaban J connectivity index is 1.88. The molecule has 2 aliphatic rings. The third kappa shape index (κ3) is 3.30. The lowest BCUT2D eigenvalue weighted by molar-refractivity contribution is -0.149.